The van der Waals surface area contributed by atoms with E-state index in [4.69, 9.17) is 0 Å². The van der Waals surface area contributed by atoms with Crippen molar-refractivity contribution in [2.75, 3.05) is 42.9 Å². The van der Waals surface area contributed by atoms with Gasteiger partial charge in [-0.15, -0.1) is 0 Å². The molecule has 4 aromatic carbocycles. The van der Waals surface area contributed by atoms with Crippen molar-refractivity contribution in [2.45, 2.75) is 38.8 Å². The first-order valence-corrected chi connectivity index (χ1v) is 16.4. The molecule has 3 aliphatic rings. The first-order chi connectivity index (χ1) is 22.4. The molecule has 7 rings (SSSR count). The van der Waals surface area contributed by atoms with Gasteiger partial charge in [-0.25, -0.2) is 0 Å². The van der Waals surface area contributed by atoms with E-state index in [1.54, 1.807) is 0 Å². The molecule has 2 aliphatic heterocycles. The highest BCUT2D eigenvalue weighted by atomic mass is 16.2. The maximum absolute atomic E-state index is 14.3. The molecule has 1 unspecified atom stereocenters. The first-order valence-electron chi connectivity index (χ1n) is 16.4. The normalized spacial score (nSPS) is 19.7. The number of nitrogens with one attached hydrogen (secondary N) is 1. The molecule has 1 amide bonds. The average molecular weight is 611 g/mol. The lowest BCUT2D eigenvalue weighted by Gasteiger charge is -2.41. The van der Waals surface area contributed by atoms with Gasteiger partial charge < -0.3 is 15.1 Å². The van der Waals surface area contributed by atoms with Crippen LogP contribution in [0, 0.1) is 5.41 Å². The zero-order valence-corrected chi connectivity index (χ0v) is 26.7. The number of ketones is 1. The van der Waals surface area contributed by atoms with Crippen LogP contribution in [0.1, 0.15) is 55.5 Å². The van der Waals surface area contributed by atoms with Crippen molar-refractivity contribution in [3.05, 3.63) is 143 Å². The number of para-hydroxylation sites is 2. The third kappa shape index (κ3) is 5.97. The molecule has 0 saturated carbocycles. The molecule has 0 spiro atoms. The van der Waals surface area contributed by atoms with Crippen molar-refractivity contribution in [1.82, 2.24) is 9.80 Å². The minimum Gasteiger partial charge on any atom is -0.357 e. The standard InChI is InChI=1S/C40H42N4O2/c1-40(2)26-33-37(35(45)27-40)39(31-18-10-5-11-19-31)44(34-21-13-12-20-32(34)41-33)28-36(46)42-22-24-43(25-23-42)38(29-14-6-3-7-15-29)30-16-8-4-9-17-30/h3-21,38-39,41H,22-28H2,1-2H3. The Labute approximate surface area is 272 Å². The number of hydrogen-bond acceptors (Lipinski definition) is 5. The molecule has 0 aromatic heterocycles. The highest BCUT2D eigenvalue weighted by Crippen LogP contribution is 2.48. The molecular weight excluding hydrogens is 568 g/mol. The van der Waals surface area contributed by atoms with E-state index in [1.807, 2.05) is 35.2 Å². The van der Waals surface area contributed by atoms with Gasteiger partial charge in [0.1, 0.15) is 0 Å². The summed E-state index contributed by atoms with van der Waals surface area (Å²) in [5.74, 6) is 0.235. The lowest BCUT2D eigenvalue weighted by molar-refractivity contribution is -0.131. The molecule has 1 N–H and O–H groups in total. The van der Waals surface area contributed by atoms with Crippen LogP contribution < -0.4 is 10.2 Å². The number of fused-ring (bicyclic) bond motifs is 1. The molecule has 46 heavy (non-hydrogen) atoms. The van der Waals surface area contributed by atoms with Crippen molar-refractivity contribution in [2.24, 2.45) is 5.41 Å². The average Bonchev–Trinajstić information content (AvgIpc) is 3.20. The van der Waals surface area contributed by atoms with E-state index in [9.17, 15) is 9.59 Å². The summed E-state index contributed by atoms with van der Waals surface area (Å²) in [7, 11) is 0. The summed E-state index contributed by atoms with van der Waals surface area (Å²) in [5, 5.41) is 3.66. The molecule has 6 heteroatoms. The number of carbonyl (C=O) groups is 2. The van der Waals surface area contributed by atoms with Crippen molar-refractivity contribution in [3.63, 3.8) is 0 Å². The van der Waals surface area contributed by atoms with Crippen molar-refractivity contribution >= 4 is 23.1 Å². The molecule has 0 radical (unpaired) electrons. The Kier molecular flexibility index (Phi) is 8.22. The number of allylic oxidation sites excluding steroid dienone is 1. The van der Waals surface area contributed by atoms with Crippen LogP contribution in [0.2, 0.25) is 0 Å². The quantitative estimate of drug-likeness (QED) is 0.250. The predicted molar refractivity (Wildman–Crippen MR) is 185 cm³/mol. The number of nitrogens with zero attached hydrogens (tertiary/aromatic N) is 3. The van der Waals surface area contributed by atoms with Crippen LogP contribution in [-0.2, 0) is 9.59 Å². The van der Waals surface area contributed by atoms with Crippen LogP contribution in [0.3, 0.4) is 0 Å². The second kappa shape index (κ2) is 12.6. The van der Waals surface area contributed by atoms with Gasteiger partial charge in [-0.3, -0.25) is 14.5 Å². The van der Waals surface area contributed by atoms with Crippen molar-refractivity contribution in [3.8, 4) is 0 Å². The number of anilines is 2. The van der Waals surface area contributed by atoms with E-state index >= 15 is 0 Å². The number of rotatable bonds is 6. The van der Waals surface area contributed by atoms with Gasteiger partial charge in [0.2, 0.25) is 5.91 Å². The van der Waals surface area contributed by atoms with E-state index in [0.717, 1.165) is 47.7 Å². The zero-order chi connectivity index (χ0) is 31.7. The van der Waals surface area contributed by atoms with Gasteiger partial charge in [-0.05, 0) is 40.7 Å². The summed E-state index contributed by atoms with van der Waals surface area (Å²) < 4.78 is 0. The molecule has 1 saturated heterocycles. The Hall–Kier alpha value is -4.68. The summed E-state index contributed by atoms with van der Waals surface area (Å²) in [6.07, 6.45) is 1.26. The van der Waals surface area contributed by atoms with Crippen LogP contribution in [0.4, 0.5) is 11.4 Å². The van der Waals surface area contributed by atoms with Gasteiger partial charge in [-0.2, -0.15) is 0 Å². The fourth-order valence-corrected chi connectivity index (χ4v) is 7.57. The van der Waals surface area contributed by atoms with E-state index in [-0.39, 0.29) is 35.7 Å². The smallest absolute Gasteiger partial charge is 0.242 e. The van der Waals surface area contributed by atoms with Gasteiger partial charge in [-0.1, -0.05) is 117 Å². The second-order valence-corrected chi connectivity index (χ2v) is 13.6. The Morgan fingerprint density at radius 1 is 0.761 bits per heavy atom. The first kappa shape index (κ1) is 30.0. The van der Waals surface area contributed by atoms with Crippen LogP contribution >= 0.6 is 0 Å². The number of piperazine rings is 1. The molecule has 1 aliphatic carbocycles. The fourth-order valence-electron chi connectivity index (χ4n) is 7.57. The molecule has 6 nitrogen and oxygen atoms in total. The minimum atomic E-state index is -0.360. The SMILES string of the molecule is CC1(C)CC(=O)C2=C(C1)Nc1ccccc1N(CC(=O)N1CCN(C(c3ccccc3)c3ccccc3)CC1)C2c1ccccc1. The maximum Gasteiger partial charge on any atom is 0.242 e. The van der Waals surface area contributed by atoms with Crippen LogP contribution in [0.25, 0.3) is 0 Å². The number of benzene rings is 4. The largest absolute Gasteiger partial charge is 0.357 e. The Balaban J connectivity index is 1.18. The van der Waals surface area contributed by atoms with Crippen LogP contribution in [0.15, 0.2) is 127 Å². The van der Waals surface area contributed by atoms with Gasteiger partial charge in [0.15, 0.2) is 5.78 Å². The summed E-state index contributed by atoms with van der Waals surface area (Å²) in [5.41, 5.74) is 7.04. The lowest BCUT2D eigenvalue weighted by Crippen LogP contribution is -2.52. The molecule has 0 bridgehead atoms. The predicted octanol–water partition coefficient (Wildman–Crippen LogP) is 7.24. The van der Waals surface area contributed by atoms with E-state index in [1.165, 1.54) is 11.1 Å². The summed E-state index contributed by atoms with van der Waals surface area (Å²) in [6.45, 7) is 7.37. The maximum atomic E-state index is 14.3. The molecule has 1 atom stereocenters. The second-order valence-electron chi connectivity index (χ2n) is 13.6. The molecule has 2 heterocycles. The number of hydrogen-bond donors (Lipinski definition) is 1. The zero-order valence-electron chi connectivity index (χ0n) is 26.7. The lowest BCUT2D eigenvalue weighted by atomic mass is 9.73. The van der Waals surface area contributed by atoms with Crippen molar-refractivity contribution in [1.29, 1.82) is 0 Å². The third-order valence-corrected chi connectivity index (χ3v) is 9.69. The van der Waals surface area contributed by atoms with Gasteiger partial charge in [0.05, 0.1) is 30.0 Å². The summed E-state index contributed by atoms with van der Waals surface area (Å²) >= 11 is 0. The van der Waals surface area contributed by atoms with Crippen molar-refractivity contribution < 1.29 is 9.59 Å². The number of Topliss-reactive ketones (excluding diaryl/α,β-unsaturated/α-hetero) is 1. The summed E-state index contributed by atoms with van der Waals surface area (Å²) in [4.78, 5) is 34.9. The Morgan fingerprint density at radius 2 is 1.33 bits per heavy atom. The fraction of sp³-hybridized carbons (Fsp3) is 0.300. The Morgan fingerprint density at radius 3 is 1.96 bits per heavy atom. The van der Waals surface area contributed by atoms with Gasteiger partial charge in [0.25, 0.3) is 0 Å². The van der Waals surface area contributed by atoms with Crippen LogP contribution in [0.5, 0.6) is 0 Å². The van der Waals surface area contributed by atoms with Crippen LogP contribution in [-0.4, -0.2) is 54.2 Å². The monoisotopic (exact) mass is 610 g/mol. The highest BCUT2D eigenvalue weighted by molar-refractivity contribution is 6.01. The van der Waals surface area contributed by atoms with E-state index < -0.39 is 0 Å². The molecule has 1 fully saturated rings. The van der Waals surface area contributed by atoms with E-state index in [0.29, 0.717) is 19.5 Å². The summed E-state index contributed by atoms with van der Waals surface area (Å²) in [6, 6.07) is 39.4. The van der Waals surface area contributed by atoms with E-state index in [2.05, 4.69) is 114 Å². The van der Waals surface area contributed by atoms with Gasteiger partial charge >= 0.3 is 0 Å². The number of amides is 1. The Bertz CT molecular complexity index is 1690. The topological polar surface area (TPSA) is 55.9 Å². The third-order valence-electron chi connectivity index (χ3n) is 9.69. The highest BCUT2D eigenvalue weighted by Gasteiger charge is 2.42. The minimum absolute atomic E-state index is 0.0824. The molecular formula is C40H42N4O2. The molecule has 234 valence electrons. The molecule has 4 aromatic rings. The van der Waals surface area contributed by atoms with Gasteiger partial charge in [0, 0.05) is 43.9 Å². The number of carbonyl (C=O) groups excluding carboxylic acids is 2.